The molecule has 0 saturated carbocycles. The number of methoxy groups -OCH3 is 1. The third-order valence-corrected chi connectivity index (χ3v) is 7.72. The fraction of sp³-hybridized carbons (Fsp3) is 0.536. The van der Waals surface area contributed by atoms with E-state index in [4.69, 9.17) is 23.7 Å². The van der Waals surface area contributed by atoms with Gasteiger partial charge in [-0.1, -0.05) is 37.3 Å². The van der Waals surface area contributed by atoms with Crippen LogP contribution in [0.2, 0.25) is 25.7 Å². The second-order valence-electron chi connectivity index (χ2n) is 11.1. The van der Waals surface area contributed by atoms with E-state index < -0.39 is 19.8 Å². The Hall–Kier alpha value is -2.55. The van der Waals surface area contributed by atoms with E-state index in [1.54, 1.807) is 12.0 Å². The molecule has 1 unspecified atom stereocenters. The molecule has 0 aliphatic carbocycles. The first-order chi connectivity index (χ1) is 17.0. The molecule has 1 saturated heterocycles. The SMILES string of the molecule is COc1cc(N2CCC(Oc3ccc(C)cc3)C2=O)ccc1OCC(C)(C)OCOCC[Si](C)(C)C. The summed E-state index contributed by atoms with van der Waals surface area (Å²) in [6.45, 7) is 14.8. The predicted octanol–water partition coefficient (Wildman–Crippen LogP) is 5.67. The molecule has 0 N–H and O–H groups in total. The van der Waals surface area contributed by atoms with Crippen LogP contribution in [0.3, 0.4) is 0 Å². The van der Waals surface area contributed by atoms with Gasteiger partial charge in [0.25, 0.3) is 5.91 Å². The van der Waals surface area contributed by atoms with Crippen molar-refractivity contribution in [3.63, 3.8) is 0 Å². The van der Waals surface area contributed by atoms with Crippen molar-refractivity contribution >= 4 is 19.7 Å². The number of hydrogen-bond acceptors (Lipinski definition) is 6. The van der Waals surface area contributed by atoms with Crippen molar-refractivity contribution in [3.05, 3.63) is 48.0 Å². The van der Waals surface area contributed by atoms with Crippen LogP contribution in [0.25, 0.3) is 0 Å². The Balaban J connectivity index is 1.54. The van der Waals surface area contributed by atoms with Crippen LogP contribution in [-0.4, -0.2) is 59.3 Å². The van der Waals surface area contributed by atoms with Crippen LogP contribution in [0.15, 0.2) is 42.5 Å². The van der Waals surface area contributed by atoms with Crippen LogP contribution in [-0.2, 0) is 14.3 Å². The number of carbonyl (C=O) groups is 1. The van der Waals surface area contributed by atoms with E-state index in [9.17, 15) is 4.79 Å². The summed E-state index contributed by atoms with van der Waals surface area (Å²) in [6, 6.07) is 14.4. The predicted molar refractivity (Wildman–Crippen MR) is 145 cm³/mol. The zero-order valence-electron chi connectivity index (χ0n) is 22.8. The molecule has 0 aromatic heterocycles. The molecule has 36 heavy (non-hydrogen) atoms. The van der Waals surface area contributed by atoms with Crippen LogP contribution in [0.4, 0.5) is 5.69 Å². The number of aryl methyl sites for hydroxylation is 1. The van der Waals surface area contributed by atoms with Crippen molar-refractivity contribution in [1.29, 1.82) is 0 Å². The van der Waals surface area contributed by atoms with E-state index >= 15 is 0 Å². The van der Waals surface area contributed by atoms with Crippen molar-refractivity contribution in [2.24, 2.45) is 0 Å². The number of carbonyl (C=O) groups excluding carboxylic acids is 1. The molecule has 1 fully saturated rings. The molecule has 1 aliphatic heterocycles. The Kier molecular flexibility index (Phi) is 9.44. The van der Waals surface area contributed by atoms with Crippen LogP contribution >= 0.6 is 0 Å². The lowest BCUT2D eigenvalue weighted by Gasteiger charge is -2.26. The third kappa shape index (κ3) is 8.25. The van der Waals surface area contributed by atoms with E-state index in [0.29, 0.717) is 43.4 Å². The number of rotatable bonds is 13. The van der Waals surface area contributed by atoms with Gasteiger partial charge >= 0.3 is 0 Å². The molecule has 198 valence electrons. The number of amides is 1. The van der Waals surface area contributed by atoms with Crippen molar-refractivity contribution in [2.45, 2.75) is 64.6 Å². The van der Waals surface area contributed by atoms with E-state index in [1.165, 1.54) is 0 Å². The summed E-state index contributed by atoms with van der Waals surface area (Å²) in [6.07, 6.45) is 0.124. The number of hydrogen-bond donors (Lipinski definition) is 0. The first-order valence-electron chi connectivity index (χ1n) is 12.5. The minimum absolute atomic E-state index is 0.0602. The van der Waals surface area contributed by atoms with Gasteiger partial charge in [-0.3, -0.25) is 4.79 Å². The van der Waals surface area contributed by atoms with E-state index in [2.05, 4.69) is 19.6 Å². The first kappa shape index (κ1) is 28.0. The molecule has 7 nitrogen and oxygen atoms in total. The molecule has 1 heterocycles. The fourth-order valence-corrected chi connectivity index (χ4v) is 4.43. The van der Waals surface area contributed by atoms with Crippen LogP contribution in [0.1, 0.15) is 25.8 Å². The van der Waals surface area contributed by atoms with Crippen molar-refractivity contribution in [2.75, 3.05) is 38.6 Å². The summed E-state index contributed by atoms with van der Waals surface area (Å²) in [5.74, 6) is 1.80. The van der Waals surface area contributed by atoms with E-state index in [0.717, 1.165) is 17.3 Å². The van der Waals surface area contributed by atoms with Crippen LogP contribution < -0.4 is 19.1 Å². The second-order valence-corrected chi connectivity index (χ2v) is 16.7. The monoisotopic (exact) mass is 515 g/mol. The zero-order chi connectivity index (χ0) is 26.3. The van der Waals surface area contributed by atoms with Gasteiger partial charge in [0, 0.05) is 39.4 Å². The molecule has 8 heteroatoms. The minimum Gasteiger partial charge on any atom is -0.493 e. The minimum atomic E-state index is -1.12. The molecular weight excluding hydrogens is 474 g/mol. The highest BCUT2D eigenvalue weighted by atomic mass is 28.3. The van der Waals surface area contributed by atoms with Gasteiger partial charge in [0.05, 0.1) is 12.7 Å². The maximum atomic E-state index is 13.0. The molecule has 1 atom stereocenters. The summed E-state index contributed by atoms with van der Waals surface area (Å²) in [7, 11) is 0.476. The highest BCUT2D eigenvalue weighted by Gasteiger charge is 2.34. The summed E-state index contributed by atoms with van der Waals surface area (Å²) < 4.78 is 29.1. The van der Waals surface area contributed by atoms with Crippen LogP contribution in [0.5, 0.6) is 17.2 Å². The highest BCUT2D eigenvalue weighted by molar-refractivity contribution is 6.76. The Morgan fingerprint density at radius 1 is 1.06 bits per heavy atom. The molecule has 3 rings (SSSR count). The Bertz CT molecular complexity index is 1000. The van der Waals surface area contributed by atoms with Crippen LogP contribution in [0, 0.1) is 6.92 Å². The van der Waals surface area contributed by atoms with Crippen molar-refractivity contribution in [3.8, 4) is 17.2 Å². The Morgan fingerprint density at radius 3 is 2.44 bits per heavy atom. The lowest BCUT2D eigenvalue weighted by Crippen LogP contribution is -2.33. The van der Waals surface area contributed by atoms with Gasteiger partial charge in [0.15, 0.2) is 17.6 Å². The quantitative estimate of drug-likeness (QED) is 0.194. The van der Waals surface area contributed by atoms with E-state index in [1.807, 2.05) is 63.2 Å². The van der Waals surface area contributed by atoms with E-state index in [-0.39, 0.29) is 12.7 Å². The highest BCUT2D eigenvalue weighted by Crippen LogP contribution is 2.34. The molecule has 0 spiro atoms. The van der Waals surface area contributed by atoms with Gasteiger partial charge in [0.2, 0.25) is 0 Å². The Morgan fingerprint density at radius 2 is 1.78 bits per heavy atom. The van der Waals surface area contributed by atoms with Gasteiger partial charge in [-0.2, -0.15) is 0 Å². The smallest absolute Gasteiger partial charge is 0.268 e. The number of ether oxygens (including phenoxy) is 5. The largest absolute Gasteiger partial charge is 0.493 e. The Labute approximate surface area is 216 Å². The average molecular weight is 516 g/mol. The molecule has 0 bridgehead atoms. The lowest BCUT2D eigenvalue weighted by atomic mass is 10.1. The fourth-order valence-electron chi connectivity index (χ4n) is 3.68. The topological polar surface area (TPSA) is 66.5 Å². The lowest BCUT2D eigenvalue weighted by molar-refractivity contribution is -0.137. The summed E-state index contributed by atoms with van der Waals surface area (Å²) >= 11 is 0. The van der Waals surface area contributed by atoms with Gasteiger partial charge in [-0.15, -0.1) is 0 Å². The first-order valence-corrected chi connectivity index (χ1v) is 16.3. The van der Waals surface area contributed by atoms with Gasteiger partial charge in [0.1, 0.15) is 19.1 Å². The average Bonchev–Trinajstić information content (AvgIpc) is 3.18. The number of benzene rings is 2. The van der Waals surface area contributed by atoms with Crippen molar-refractivity contribution < 1.29 is 28.5 Å². The summed E-state index contributed by atoms with van der Waals surface area (Å²) in [5.41, 5.74) is 1.37. The maximum Gasteiger partial charge on any atom is 0.268 e. The molecule has 0 radical (unpaired) electrons. The standard InChI is InChI=1S/C28H41NO6Si/c1-21-8-11-23(12-9-21)35-25-14-15-29(27(25)30)22-10-13-24(26(18-22)31-4)33-19-28(2,3)34-20-32-16-17-36(5,6)7/h8-13,18,25H,14-17,19-20H2,1-7H3. The maximum absolute atomic E-state index is 13.0. The molecule has 1 aliphatic rings. The summed E-state index contributed by atoms with van der Waals surface area (Å²) in [4.78, 5) is 14.8. The third-order valence-electron chi connectivity index (χ3n) is 6.02. The normalized spacial score (nSPS) is 16.4. The number of anilines is 1. The van der Waals surface area contributed by atoms with Gasteiger partial charge in [-0.25, -0.2) is 0 Å². The zero-order valence-corrected chi connectivity index (χ0v) is 23.8. The molecular formula is C28H41NO6Si. The van der Waals surface area contributed by atoms with Crippen molar-refractivity contribution in [1.82, 2.24) is 0 Å². The molecule has 2 aromatic rings. The second kappa shape index (κ2) is 12.1. The van der Waals surface area contributed by atoms with Gasteiger partial charge < -0.3 is 28.6 Å². The number of nitrogens with zero attached hydrogens (tertiary/aromatic N) is 1. The summed E-state index contributed by atoms with van der Waals surface area (Å²) in [5, 5.41) is 0. The molecule has 1 amide bonds. The van der Waals surface area contributed by atoms with Gasteiger partial charge in [-0.05, 0) is 51.1 Å². The molecule has 2 aromatic carbocycles.